The molecule has 0 aliphatic heterocycles. The molecule has 33 heavy (non-hydrogen) atoms. The van der Waals surface area contributed by atoms with Crippen LogP contribution in [0.25, 0.3) is 0 Å². The second-order valence-corrected chi connectivity index (χ2v) is 10.4. The molecule has 0 saturated heterocycles. The zero-order valence-corrected chi connectivity index (χ0v) is 22.6. The molecule has 0 radical (unpaired) electrons. The minimum Gasteiger partial charge on any atom is -0.396 e. The first-order valence-electron chi connectivity index (χ1n) is 15.3. The molecule has 0 unspecified atom stereocenters. The van der Waals surface area contributed by atoms with Gasteiger partial charge >= 0.3 is 0 Å². The Morgan fingerprint density at radius 1 is 0.242 bits per heavy atom. The molecule has 200 valence electrons. The summed E-state index contributed by atoms with van der Waals surface area (Å²) in [5.74, 6) is 0. The van der Waals surface area contributed by atoms with E-state index in [0.717, 1.165) is 12.8 Å². The van der Waals surface area contributed by atoms with E-state index in [9.17, 15) is 0 Å². The van der Waals surface area contributed by atoms with Crippen molar-refractivity contribution in [2.45, 2.75) is 167 Å². The number of hydrogen-bond acceptors (Lipinski definition) is 3. The van der Waals surface area contributed by atoms with Crippen molar-refractivity contribution in [3.05, 3.63) is 0 Å². The number of rotatable bonds is 30. The minimum absolute atomic E-state index is 0.358. The summed E-state index contributed by atoms with van der Waals surface area (Å²) in [5, 5.41) is 21.1. The second kappa shape index (κ2) is 31.9. The van der Waals surface area contributed by atoms with Crippen LogP contribution in [0.15, 0.2) is 0 Å². The third-order valence-electron chi connectivity index (χ3n) is 7.02. The fourth-order valence-corrected chi connectivity index (χ4v) is 4.74. The molecule has 0 aliphatic rings. The van der Waals surface area contributed by atoms with Crippen molar-refractivity contribution in [1.82, 2.24) is 5.32 Å². The minimum atomic E-state index is 0.358. The molecule has 0 atom stereocenters. The van der Waals surface area contributed by atoms with Gasteiger partial charge in [-0.15, -0.1) is 0 Å². The van der Waals surface area contributed by atoms with Crippen LogP contribution in [0.4, 0.5) is 0 Å². The Morgan fingerprint density at radius 2 is 0.424 bits per heavy atom. The smallest absolute Gasteiger partial charge is 0.0431 e. The second-order valence-electron chi connectivity index (χ2n) is 10.4. The van der Waals surface area contributed by atoms with Gasteiger partial charge in [-0.3, -0.25) is 0 Å². The molecular weight excluding hydrogens is 406 g/mol. The molecule has 0 aromatic carbocycles. The lowest BCUT2D eigenvalue weighted by Gasteiger charge is -2.05. The van der Waals surface area contributed by atoms with Crippen LogP contribution < -0.4 is 5.32 Å². The summed E-state index contributed by atoms with van der Waals surface area (Å²) < 4.78 is 0. The quantitative estimate of drug-likeness (QED) is 0.0922. The summed E-state index contributed by atoms with van der Waals surface area (Å²) in [7, 11) is 0. The standard InChI is InChI=1S/C30H63NO2/c32-29-25-21-17-14-12-10-8-6-4-2-1-3-5-7-9-11-13-15-19-23-27-31-28-24-20-16-18-22-26-30-33/h31-33H,1-30H2. The lowest BCUT2D eigenvalue weighted by atomic mass is 10.0. The first kappa shape index (κ1) is 32.9. The summed E-state index contributed by atoms with van der Waals surface area (Å²) in [6, 6.07) is 0. The van der Waals surface area contributed by atoms with E-state index < -0.39 is 0 Å². The molecule has 3 nitrogen and oxygen atoms in total. The van der Waals surface area contributed by atoms with E-state index in [4.69, 9.17) is 10.2 Å². The fraction of sp³-hybridized carbons (Fsp3) is 1.00. The van der Waals surface area contributed by atoms with Crippen LogP contribution >= 0.6 is 0 Å². The van der Waals surface area contributed by atoms with Crippen molar-refractivity contribution in [2.24, 2.45) is 0 Å². The van der Waals surface area contributed by atoms with Crippen molar-refractivity contribution in [1.29, 1.82) is 0 Å². The van der Waals surface area contributed by atoms with Gasteiger partial charge in [0, 0.05) is 13.2 Å². The Labute approximate surface area is 208 Å². The van der Waals surface area contributed by atoms with Gasteiger partial charge in [0.25, 0.3) is 0 Å². The lowest BCUT2D eigenvalue weighted by molar-refractivity contribution is 0.282. The van der Waals surface area contributed by atoms with E-state index in [-0.39, 0.29) is 0 Å². The van der Waals surface area contributed by atoms with Gasteiger partial charge in [-0.25, -0.2) is 0 Å². The van der Waals surface area contributed by atoms with Crippen LogP contribution in [0.2, 0.25) is 0 Å². The van der Waals surface area contributed by atoms with Gasteiger partial charge in [0.2, 0.25) is 0 Å². The summed E-state index contributed by atoms with van der Waals surface area (Å²) in [6.45, 7) is 3.12. The topological polar surface area (TPSA) is 52.5 Å². The van der Waals surface area contributed by atoms with Gasteiger partial charge in [-0.1, -0.05) is 141 Å². The van der Waals surface area contributed by atoms with Crippen molar-refractivity contribution >= 4 is 0 Å². The zero-order chi connectivity index (χ0) is 23.9. The summed E-state index contributed by atoms with van der Waals surface area (Å²) in [6.07, 6.45) is 35.3. The molecule has 0 saturated carbocycles. The van der Waals surface area contributed by atoms with Crippen LogP contribution in [0, 0.1) is 0 Å². The van der Waals surface area contributed by atoms with E-state index in [0.29, 0.717) is 13.2 Å². The van der Waals surface area contributed by atoms with Crippen LogP contribution in [0.3, 0.4) is 0 Å². The molecule has 3 heteroatoms. The highest BCUT2D eigenvalue weighted by Gasteiger charge is 1.96. The normalized spacial score (nSPS) is 11.5. The first-order chi connectivity index (χ1) is 16.4. The maximum Gasteiger partial charge on any atom is 0.0431 e. The van der Waals surface area contributed by atoms with E-state index >= 15 is 0 Å². The average molecular weight is 470 g/mol. The monoisotopic (exact) mass is 469 g/mol. The number of hydrogen-bond donors (Lipinski definition) is 3. The molecule has 0 aliphatic carbocycles. The lowest BCUT2D eigenvalue weighted by Crippen LogP contribution is -2.16. The Bertz CT molecular complexity index is 294. The molecule has 0 fully saturated rings. The first-order valence-corrected chi connectivity index (χ1v) is 15.3. The van der Waals surface area contributed by atoms with Crippen LogP contribution in [-0.2, 0) is 0 Å². The maximum atomic E-state index is 8.76. The molecular formula is C30H63NO2. The van der Waals surface area contributed by atoms with Gasteiger partial charge in [-0.2, -0.15) is 0 Å². The van der Waals surface area contributed by atoms with Gasteiger partial charge in [0.05, 0.1) is 0 Å². The van der Waals surface area contributed by atoms with Crippen molar-refractivity contribution < 1.29 is 10.2 Å². The fourth-order valence-electron chi connectivity index (χ4n) is 4.74. The van der Waals surface area contributed by atoms with Crippen LogP contribution in [0.1, 0.15) is 167 Å². The molecule has 0 spiro atoms. The molecule has 0 heterocycles. The van der Waals surface area contributed by atoms with Crippen molar-refractivity contribution in [3.63, 3.8) is 0 Å². The Hall–Kier alpha value is -0.120. The third-order valence-corrected chi connectivity index (χ3v) is 7.02. The zero-order valence-electron chi connectivity index (χ0n) is 22.6. The molecule has 0 rings (SSSR count). The predicted octanol–water partition coefficient (Wildman–Crippen LogP) is 8.70. The highest BCUT2D eigenvalue weighted by atomic mass is 16.3. The molecule has 0 bridgehead atoms. The van der Waals surface area contributed by atoms with Crippen LogP contribution in [0.5, 0.6) is 0 Å². The number of aliphatic hydroxyl groups excluding tert-OH is 2. The molecule has 0 amide bonds. The van der Waals surface area contributed by atoms with Gasteiger partial charge in [0.15, 0.2) is 0 Å². The highest BCUT2D eigenvalue weighted by molar-refractivity contribution is 4.53. The molecule has 0 aromatic rings. The summed E-state index contributed by atoms with van der Waals surface area (Å²) in [4.78, 5) is 0. The summed E-state index contributed by atoms with van der Waals surface area (Å²) >= 11 is 0. The number of unbranched alkanes of at least 4 members (excludes halogenated alkanes) is 24. The average Bonchev–Trinajstić information content (AvgIpc) is 2.83. The Kier molecular flexibility index (Phi) is 31.8. The van der Waals surface area contributed by atoms with Gasteiger partial charge in [-0.05, 0) is 38.8 Å². The molecule has 3 N–H and O–H groups in total. The van der Waals surface area contributed by atoms with E-state index in [1.54, 1.807) is 0 Å². The van der Waals surface area contributed by atoms with Crippen molar-refractivity contribution in [2.75, 3.05) is 26.3 Å². The number of aliphatic hydroxyl groups is 2. The van der Waals surface area contributed by atoms with Crippen molar-refractivity contribution in [3.8, 4) is 0 Å². The Balaban J connectivity index is 2.99. The molecule has 0 aromatic heterocycles. The Morgan fingerprint density at radius 3 is 0.636 bits per heavy atom. The van der Waals surface area contributed by atoms with E-state index in [1.807, 2.05) is 0 Å². The predicted molar refractivity (Wildman–Crippen MR) is 147 cm³/mol. The number of nitrogens with one attached hydrogen (secondary N) is 1. The van der Waals surface area contributed by atoms with Gasteiger partial charge < -0.3 is 15.5 Å². The maximum absolute atomic E-state index is 8.76. The highest BCUT2D eigenvalue weighted by Crippen LogP contribution is 2.14. The SMILES string of the molecule is OCCCCCCCCCCCCCCCCCCCCCCNCCCCCCCCO. The van der Waals surface area contributed by atoms with Crippen LogP contribution in [-0.4, -0.2) is 36.5 Å². The van der Waals surface area contributed by atoms with E-state index in [1.165, 1.54) is 167 Å². The van der Waals surface area contributed by atoms with Gasteiger partial charge in [0.1, 0.15) is 0 Å². The third kappa shape index (κ3) is 31.9. The summed E-state index contributed by atoms with van der Waals surface area (Å²) in [5.41, 5.74) is 0. The largest absolute Gasteiger partial charge is 0.396 e. The van der Waals surface area contributed by atoms with E-state index in [2.05, 4.69) is 5.32 Å².